The molecule has 0 bridgehead atoms. The molecule has 0 amide bonds. The molecule has 6 rings (SSSR count). The molecule has 0 radical (unpaired) electrons. The van der Waals surface area contributed by atoms with Gasteiger partial charge in [-0.1, -0.05) is 35.6 Å². The number of pyridine rings is 1. The topological polar surface area (TPSA) is 65.7 Å². The highest BCUT2D eigenvalue weighted by molar-refractivity contribution is 7.07. The van der Waals surface area contributed by atoms with Crippen molar-refractivity contribution in [2.75, 3.05) is 14.2 Å². The number of rotatable bonds is 4. The Morgan fingerprint density at radius 3 is 2.66 bits per heavy atom. The quantitative estimate of drug-likeness (QED) is 0.446. The first-order valence-corrected chi connectivity index (χ1v) is 12.2. The first-order chi connectivity index (χ1) is 17.2. The third kappa shape index (κ3) is 3.59. The molecule has 1 aliphatic heterocycles. The van der Waals surface area contributed by atoms with Gasteiger partial charge in [0.05, 0.1) is 30.5 Å². The molecule has 2 aromatic heterocycles. The summed E-state index contributed by atoms with van der Waals surface area (Å²) in [7, 11) is 3.30. The van der Waals surface area contributed by atoms with Crippen LogP contribution in [0.4, 0.5) is 0 Å². The molecule has 174 valence electrons. The number of ether oxygens (including phenoxy) is 2. The molecular formula is C28H23N3O3S. The third-order valence-corrected chi connectivity index (χ3v) is 7.59. The van der Waals surface area contributed by atoms with Crippen LogP contribution in [0.15, 0.2) is 82.4 Å². The van der Waals surface area contributed by atoms with E-state index in [1.54, 1.807) is 26.6 Å². The smallest absolute Gasteiger partial charge is 0.271 e. The normalized spacial score (nSPS) is 16.7. The van der Waals surface area contributed by atoms with Gasteiger partial charge in [0, 0.05) is 23.5 Å². The third-order valence-electron chi connectivity index (χ3n) is 6.61. The lowest BCUT2D eigenvalue weighted by atomic mass is 9.83. The highest BCUT2D eigenvalue weighted by atomic mass is 32.1. The zero-order chi connectivity index (χ0) is 23.9. The van der Waals surface area contributed by atoms with Gasteiger partial charge in [-0.15, -0.1) is 0 Å². The van der Waals surface area contributed by atoms with E-state index < -0.39 is 0 Å². The predicted molar refractivity (Wildman–Crippen MR) is 137 cm³/mol. The molecule has 4 aromatic rings. The fourth-order valence-corrected chi connectivity index (χ4v) is 5.96. The molecule has 1 atom stereocenters. The Balaban J connectivity index is 1.67. The van der Waals surface area contributed by atoms with Crippen molar-refractivity contribution in [1.82, 2.24) is 9.55 Å². The van der Waals surface area contributed by atoms with Crippen molar-refractivity contribution >= 4 is 23.1 Å². The lowest BCUT2D eigenvalue weighted by Crippen LogP contribution is -2.39. The van der Waals surface area contributed by atoms with Gasteiger partial charge in [-0.25, -0.2) is 4.99 Å². The first kappa shape index (κ1) is 21.6. The molecule has 6 nitrogen and oxygen atoms in total. The number of hydrogen-bond donors (Lipinski definition) is 0. The van der Waals surface area contributed by atoms with Gasteiger partial charge >= 0.3 is 0 Å². The van der Waals surface area contributed by atoms with Gasteiger partial charge in [-0.05, 0) is 65.9 Å². The van der Waals surface area contributed by atoms with Gasteiger partial charge in [0.1, 0.15) is 11.5 Å². The van der Waals surface area contributed by atoms with E-state index in [4.69, 9.17) is 14.5 Å². The molecule has 0 fully saturated rings. The number of aryl methyl sites for hydroxylation is 1. The van der Waals surface area contributed by atoms with Gasteiger partial charge in [-0.2, -0.15) is 0 Å². The molecule has 0 saturated heterocycles. The van der Waals surface area contributed by atoms with Crippen LogP contribution in [0.3, 0.4) is 0 Å². The molecule has 0 N–H and O–H groups in total. The Hall–Kier alpha value is -3.97. The first-order valence-electron chi connectivity index (χ1n) is 11.4. The summed E-state index contributed by atoms with van der Waals surface area (Å²) < 4.78 is 13.8. The second-order valence-corrected chi connectivity index (χ2v) is 9.51. The number of thiazole rings is 1. The molecule has 1 unspecified atom stereocenters. The van der Waals surface area contributed by atoms with Crippen LogP contribution in [0.5, 0.6) is 11.5 Å². The van der Waals surface area contributed by atoms with Crippen LogP contribution in [0.25, 0.3) is 11.8 Å². The van der Waals surface area contributed by atoms with E-state index in [2.05, 4.69) is 23.2 Å². The Morgan fingerprint density at radius 2 is 1.86 bits per heavy atom. The molecule has 0 saturated carbocycles. The number of allylic oxidation sites excluding steroid dienone is 1. The SMILES string of the molecule is COc1ccc(OC)c(C2C3=C(N=c4s/c(=C\c5ccncc5)c(=O)n42)c2ccccc2CC3)c1. The van der Waals surface area contributed by atoms with Crippen molar-refractivity contribution in [2.24, 2.45) is 4.99 Å². The fraction of sp³-hybridized carbons (Fsp3) is 0.179. The molecular weight excluding hydrogens is 458 g/mol. The van der Waals surface area contributed by atoms with Gasteiger partial charge in [0.2, 0.25) is 0 Å². The predicted octanol–water partition coefficient (Wildman–Crippen LogP) is 3.73. The zero-order valence-electron chi connectivity index (χ0n) is 19.4. The number of benzene rings is 2. The fourth-order valence-electron chi connectivity index (χ4n) is 4.96. The van der Waals surface area contributed by atoms with E-state index in [0.717, 1.165) is 46.6 Å². The molecule has 2 aliphatic rings. The standard InChI is InChI=1S/C28H23N3O3S/c1-33-19-8-10-23(34-2)22(16-19)26-21-9-7-18-5-3-4-6-20(18)25(21)30-28-31(26)27(32)24(35-28)15-17-11-13-29-14-12-17/h3-6,8,10-16,26H,7,9H2,1-2H3/b24-15-. The summed E-state index contributed by atoms with van der Waals surface area (Å²) >= 11 is 1.41. The number of fused-ring (bicyclic) bond motifs is 3. The van der Waals surface area contributed by atoms with Crippen molar-refractivity contribution in [2.45, 2.75) is 18.9 Å². The minimum absolute atomic E-state index is 0.0640. The number of nitrogens with zero attached hydrogens (tertiary/aromatic N) is 3. The molecule has 0 spiro atoms. The molecule has 1 aliphatic carbocycles. The van der Waals surface area contributed by atoms with Crippen molar-refractivity contribution in [3.63, 3.8) is 0 Å². The largest absolute Gasteiger partial charge is 0.497 e. The average molecular weight is 482 g/mol. The van der Waals surface area contributed by atoms with Crippen molar-refractivity contribution < 1.29 is 9.47 Å². The number of methoxy groups -OCH3 is 2. The summed E-state index contributed by atoms with van der Waals surface area (Å²) in [6.07, 6.45) is 7.07. The summed E-state index contributed by atoms with van der Waals surface area (Å²) in [5, 5.41) is 0. The maximum absolute atomic E-state index is 13.8. The van der Waals surface area contributed by atoms with Crippen LogP contribution in [0.1, 0.15) is 34.7 Å². The van der Waals surface area contributed by atoms with Gasteiger partial charge in [0.25, 0.3) is 5.56 Å². The molecule has 3 heterocycles. The summed E-state index contributed by atoms with van der Waals surface area (Å²) in [6, 6.07) is 17.6. The van der Waals surface area contributed by atoms with Gasteiger partial charge in [-0.3, -0.25) is 14.3 Å². The van der Waals surface area contributed by atoms with E-state index in [1.807, 2.05) is 47.0 Å². The Labute approximate surface area is 206 Å². The number of aromatic nitrogens is 2. The van der Waals surface area contributed by atoms with Crippen LogP contribution in [0.2, 0.25) is 0 Å². The zero-order valence-corrected chi connectivity index (χ0v) is 20.2. The summed E-state index contributed by atoms with van der Waals surface area (Å²) in [4.78, 5) is 23.7. The van der Waals surface area contributed by atoms with E-state index in [9.17, 15) is 4.79 Å². The van der Waals surface area contributed by atoms with E-state index in [0.29, 0.717) is 15.1 Å². The summed E-state index contributed by atoms with van der Waals surface area (Å²) in [6.45, 7) is 0. The van der Waals surface area contributed by atoms with E-state index >= 15 is 0 Å². The minimum atomic E-state index is -0.334. The Kier molecular flexibility index (Phi) is 5.34. The second kappa shape index (κ2) is 8.67. The lowest BCUT2D eigenvalue weighted by molar-refractivity contribution is 0.392. The minimum Gasteiger partial charge on any atom is -0.497 e. The van der Waals surface area contributed by atoms with E-state index in [-0.39, 0.29) is 11.6 Å². The molecule has 2 aromatic carbocycles. The van der Waals surface area contributed by atoms with Gasteiger partial charge in [0.15, 0.2) is 4.80 Å². The molecule has 7 heteroatoms. The van der Waals surface area contributed by atoms with Crippen LogP contribution < -0.4 is 24.4 Å². The van der Waals surface area contributed by atoms with Crippen LogP contribution >= 0.6 is 11.3 Å². The summed E-state index contributed by atoms with van der Waals surface area (Å²) in [5.74, 6) is 1.43. The highest BCUT2D eigenvalue weighted by Gasteiger charge is 2.34. The van der Waals surface area contributed by atoms with Crippen molar-refractivity contribution in [3.05, 3.63) is 115 Å². The van der Waals surface area contributed by atoms with Gasteiger partial charge < -0.3 is 9.47 Å². The Morgan fingerprint density at radius 1 is 1.03 bits per heavy atom. The van der Waals surface area contributed by atoms with E-state index in [1.165, 1.54) is 16.9 Å². The molecule has 35 heavy (non-hydrogen) atoms. The van der Waals surface area contributed by atoms with Crippen LogP contribution in [-0.2, 0) is 6.42 Å². The average Bonchev–Trinajstić information content (AvgIpc) is 3.21. The van der Waals surface area contributed by atoms with Crippen LogP contribution in [-0.4, -0.2) is 23.8 Å². The summed E-state index contributed by atoms with van der Waals surface area (Å²) in [5.41, 5.74) is 6.25. The van der Waals surface area contributed by atoms with Crippen molar-refractivity contribution in [1.29, 1.82) is 0 Å². The second-order valence-electron chi connectivity index (χ2n) is 8.50. The maximum Gasteiger partial charge on any atom is 0.271 e. The highest BCUT2D eigenvalue weighted by Crippen LogP contribution is 2.44. The maximum atomic E-state index is 13.8. The Bertz CT molecular complexity index is 1650. The monoisotopic (exact) mass is 481 g/mol. The van der Waals surface area contributed by atoms with Crippen molar-refractivity contribution in [3.8, 4) is 11.5 Å². The number of hydrogen-bond acceptors (Lipinski definition) is 6. The van der Waals surface area contributed by atoms with Crippen LogP contribution in [0, 0.1) is 0 Å². The lowest BCUT2D eigenvalue weighted by Gasteiger charge is -2.31.